The SMILES string of the molecule is Cc1ccc(CC(=O)N(C)Cc2ccc3c(c2)OCO3)cc1C. The number of carbonyl (C=O) groups is 1. The molecule has 1 amide bonds. The molecule has 0 N–H and O–H groups in total. The van der Waals surface area contributed by atoms with E-state index in [2.05, 4.69) is 26.0 Å². The molecule has 0 radical (unpaired) electrons. The molecule has 23 heavy (non-hydrogen) atoms. The molecule has 0 bridgehead atoms. The number of nitrogens with zero attached hydrogens (tertiary/aromatic N) is 1. The van der Waals surface area contributed by atoms with Crippen LogP contribution < -0.4 is 9.47 Å². The predicted octanol–water partition coefficient (Wildman–Crippen LogP) is 3.23. The van der Waals surface area contributed by atoms with Gasteiger partial charge in [-0.2, -0.15) is 0 Å². The van der Waals surface area contributed by atoms with Crippen molar-refractivity contribution in [3.8, 4) is 11.5 Å². The standard InChI is InChI=1S/C19H21NO3/c1-13-4-5-15(8-14(13)2)10-19(21)20(3)11-16-6-7-17-18(9-16)23-12-22-17/h4-9H,10-12H2,1-3H3. The number of rotatable bonds is 4. The average molecular weight is 311 g/mol. The Bertz CT molecular complexity index is 739. The molecule has 0 atom stereocenters. The molecule has 1 heterocycles. The molecule has 120 valence electrons. The second kappa shape index (κ2) is 6.32. The number of hydrogen-bond donors (Lipinski definition) is 0. The highest BCUT2D eigenvalue weighted by Crippen LogP contribution is 2.32. The van der Waals surface area contributed by atoms with Crippen LogP contribution in [0.4, 0.5) is 0 Å². The Labute approximate surface area is 136 Å². The van der Waals surface area contributed by atoms with Crippen LogP contribution in [0.5, 0.6) is 11.5 Å². The molecule has 0 fully saturated rings. The minimum absolute atomic E-state index is 0.103. The predicted molar refractivity (Wildman–Crippen MR) is 88.7 cm³/mol. The van der Waals surface area contributed by atoms with Crippen molar-refractivity contribution in [1.82, 2.24) is 4.90 Å². The largest absolute Gasteiger partial charge is 0.454 e. The number of aryl methyl sites for hydroxylation is 2. The highest BCUT2D eigenvalue weighted by molar-refractivity contribution is 5.78. The third kappa shape index (κ3) is 3.47. The maximum absolute atomic E-state index is 12.4. The molecule has 0 spiro atoms. The van der Waals surface area contributed by atoms with E-state index in [0.29, 0.717) is 13.0 Å². The summed E-state index contributed by atoms with van der Waals surface area (Å²) in [6.45, 7) is 4.97. The first kappa shape index (κ1) is 15.4. The Morgan fingerprint density at radius 2 is 1.74 bits per heavy atom. The fraction of sp³-hybridized carbons (Fsp3) is 0.316. The van der Waals surface area contributed by atoms with Gasteiger partial charge in [-0.3, -0.25) is 4.79 Å². The van der Waals surface area contributed by atoms with Crippen LogP contribution in [0.1, 0.15) is 22.3 Å². The lowest BCUT2D eigenvalue weighted by Gasteiger charge is -2.18. The third-order valence-corrected chi connectivity index (χ3v) is 4.21. The Hall–Kier alpha value is -2.49. The van der Waals surface area contributed by atoms with Crippen LogP contribution in [0.2, 0.25) is 0 Å². The molecule has 0 saturated heterocycles. The Morgan fingerprint density at radius 3 is 2.52 bits per heavy atom. The summed E-state index contributed by atoms with van der Waals surface area (Å²) in [5.41, 5.74) is 4.55. The lowest BCUT2D eigenvalue weighted by Crippen LogP contribution is -2.27. The number of likely N-dealkylation sites (N-methyl/N-ethyl adjacent to an activating group) is 1. The van der Waals surface area contributed by atoms with E-state index < -0.39 is 0 Å². The first-order valence-corrected chi connectivity index (χ1v) is 7.71. The summed E-state index contributed by atoms with van der Waals surface area (Å²) in [5.74, 6) is 1.61. The first-order valence-electron chi connectivity index (χ1n) is 7.71. The molecule has 4 nitrogen and oxygen atoms in total. The van der Waals surface area contributed by atoms with Gasteiger partial charge in [0.05, 0.1) is 6.42 Å². The Kier molecular flexibility index (Phi) is 4.24. The fourth-order valence-electron chi connectivity index (χ4n) is 2.62. The van der Waals surface area contributed by atoms with Crippen molar-refractivity contribution < 1.29 is 14.3 Å². The van der Waals surface area contributed by atoms with Gasteiger partial charge < -0.3 is 14.4 Å². The zero-order valence-electron chi connectivity index (χ0n) is 13.8. The van der Waals surface area contributed by atoms with Crippen LogP contribution in [0.25, 0.3) is 0 Å². The summed E-state index contributed by atoms with van der Waals surface area (Å²) in [7, 11) is 1.83. The second-order valence-electron chi connectivity index (χ2n) is 6.03. The second-order valence-corrected chi connectivity index (χ2v) is 6.03. The topological polar surface area (TPSA) is 38.8 Å². The van der Waals surface area contributed by atoms with Crippen molar-refractivity contribution in [3.05, 3.63) is 58.7 Å². The molecule has 0 unspecified atom stereocenters. The minimum atomic E-state index is 0.103. The molecule has 0 saturated carbocycles. The number of carbonyl (C=O) groups excluding carboxylic acids is 1. The molecule has 4 heteroatoms. The summed E-state index contributed by atoms with van der Waals surface area (Å²) in [6.07, 6.45) is 0.419. The smallest absolute Gasteiger partial charge is 0.231 e. The molecule has 0 aliphatic carbocycles. The van der Waals surface area contributed by atoms with Gasteiger partial charge in [-0.15, -0.1) is 0 Å². The number of ether oxygens (including phenoxy) is 2. The van der Waals surface area contributed by atoms with Crippen molar-refractivity contribution in [2.45, 2.75) is 26.8 Å². The van der Waals surface area contributed by atoms with Crippen LogP contribution in [-0.2, 0) is 17.8 Å². The van der Waals surface area contributed by atoms with E-state index in [1.54, 1.807) is 4.90 Å². The van der Waals surface area contributed by atoms with E-state index >= 15 is 0 Å². The minimum Gasteiger partial charge on any atom is -0.454 e. The van der Waals surface area contributed by atoms with Crippen molar-refractivity contribution >= 4 is 5.91 Å². The fourth-order valence-corrected chi connectivity index (χ4v) is 2.62. The van der Waals surface area contributed by atoms with E-state index in [0.717, 1.165) is 22.6 Å². The normalized spacial score (nSPS) is 12.3. The average Bonchev–Trinajstić information content (AvgIpc) is 2.98. The number of amides is 1. The summed E-state index contributed by atoms with van der Waals surface area (Å²) in [6, 6.07) is 12.0. The number of fused-ring (bicyclic) bond motifs is 1. The lowest BCUT2D eigenvalue weighted by atomic mass is 10.0. The van der Waals surface area contributed by atoms with Gasteiger partial charge >= 0.3 is 0 Å². The van der Waals surface area contributed by atoms with Crippen LogP contribution in [0, 0.1) is 13.8 Å². The van der Waals surface area contributed by atoms with Gasteiger partial charge in [0.2, 0.25) is 12.7 Å². The molecule has 1 aliphatic rings. The van der Waals surface area contributed by atoms with Crippen LogP contribution in [-0.4, -0.2) is 24.6 Å². The highest BCUT2D eigenvalue weighted by atomic mass is 16.7. The summed E-state index contributed by atoms with van der Waals surface area (Å²) < 4.78 is 10.7. The first-order chi connectivity index (χ1) is 11.0. The highest BCUT2D eigenvalue weighted by Gasteiger charge is 2.15. The van der Waals surface area contributed by atoms with Gasteiger partial charge in [0.25, 0.3) is 0 Å². The molecular formula is C19H21NO3. The van der Waals surface area contributed by atoms with Gasteiger partial charge in [-0.1, -0.05) is 24.3 Å². The quantitative estimate of drug-likeness (QED) is 0.870. The van der Waals surface area contributed by atoms with Gasteiger partial charge in [0, 0.05) is 13.6 Å². The van der Waals surface area contributed by atoms with E-state index in [1.807, 2.05) is 31.3 Å². The summed E-state index contributed by atoms with van der Waals surface area (Å²) in [5, 5.41) is 0. The molecule has 2 aromatic rings. The van der Waals surface area contributed by atoms with Crippen LogP contribution >= 0.6 is 0 Å². The number of hydrogen-bond acceptors (Lipinski definition) is 3. The molecule has 1 aliphatic heterocycles. The van der Waals surface area contributed by atoms with Gasteiger partial charge in [-0.05, 0) is 48.2 Å². The van der Waals surface area contributed by atoms with E-state index in [-0.39, 0.29) is 12.7 Å². The Balaban J connectivity index is 1.64. The van der Waals surface area contributed by atoms with Crippen LogP contribution in [0.15, 0.2) is 36.4 Å². The van der Waals surface area contributed by atoms with E-state index in [9.17, 15) is 4.79 Å². The molecule has 3 rings (SSSR count). The van der Waals surface area contributed by atoms with E-state index in [1.165, 1.54) is 11.1 Å². The zero-order chi connectivity index (χ0) is 16.4. The summed E-state index contributed by atoms with van der Waals surface area (Å²) >= 11 is 0. The molecular weight excluding hydrogens is 290 g/mol. The number of benzene rings is 2. The third-order valence-electron chi connectivity index (χ3n) is 4.21. The summed E-state index contributed by atoms with van der Waals surface area (Å²) in [4.78, 5) is 14.2. The van der Waals surface area contributed by atoms with Crippen molar-refractivity contribution in [2.75, 3.05) is 13.8 Å². The lowest BCUT2D eigenvalue weighted by molar-refractivity contribution is -0.129. The Morgan fingerprint density at radius 1 is 1.00 bits per heavy atom. The van der Waals surface area contributed by atoms with Crippen molar-refractivity contribution in [3.63, 3.8) is 0 Å². The monoisotopic (exact) mass is 311 g/mol. The van der Waals surface area contributed by atoms with Gasteiger partial charge in [0.1, 0.15) is 0 Å². The molecule has 0 aromatic heterocycles. The maximum Gasteiger partial charge on any atom is 0.231 e. The van der Waals surface area contributed by atoms with Crippen molar-refractivity contribution in [2.24, 2.45) is 0 Å². The van der Waals surface area contributed by atoms with E-state index in [4.69, 9.17) is 9.47 Å². The molecule has 2 aromatic carbocycles. The van der Waals surface area contributed by atoms with Gasteiger partial charge in [-0.25, -0.2) is 0 Å². The maximum atomic E-state index is 12.4. The van der Waals surface area contributed by atoms with Gasteiger partial charge in [0.15, 0.2) is 11.5 Å². The zero-order valence-corrected chi connectivity index (χ0v) is 13.8. The van der Waals surface area contributed by atoms with Crippen molar-refractivity contribution in [1.29, 1.82) is 0 Å². The van der Waals surface area contributed by atoms with Crippen LogP contribution in [0.3, 0.4) is 0 Å².